The summed E-state index contributed by atoms with van der Waals surface area (Å²) < 4.78 is 83.4. The molecule has 2 aliphatic rings. The Morgan fingerprint density at radius 3 is 2.33 bits per heavy atom. The first-order chi connectivity index (χ1) is 21.6. The zero-order valence-electron chi connectivity index (χ0n) is 24.8. The second-order valence-electron chi connectivity index (χ2n) is 11.1. The number of fused-ring (bicyclic) bond motifs is 1. The van der Waals surface area contributed by atoms with Crippen LogP contribution in [0.15, 0.2) is 33.9 Å². The number of anilines is 1. The predicted octanol–water partition coefficient (Wildman–Crippen LogP) is 2.56. The molecule has 1 amide bonds. The highest BCUT2D eigenvalue weighted by Gasteiger charge is 2.46. The summed E-state index contributed by atoms with van der Waals surface area (Å²) >= 11 is 0. The molecule has 3 heterocycles. The molecule has 11 nitrogen and oxygen atoms in total. The molecule has 2 aliphatic heterocycles. The van der Waals surface area contributed by atoms with Crippen molar-refractivity contribution in [3.05, 3.63) is 84.7 Å². The van der Waals surface area contributed by atoms with E-state index in [0.717, 1.165) is 9.47 Å². The lowest BCUT2D eigenvalue weighted by Crippen LogP contribution is -2.53. The van der Waals surface area contributed by atoms with E-state index in [1.165, 1.54) is 18.7 Å². The van der Waals surface area contributed by atoms with E-state index in [1.807, 2.05) is 0 Å². The lowest BCUT2D eigenvalue weighted by molar-refractivity contribution is -0.167. The average Bonchev–Trinajstić information content (AvgIpc) is 3.49. The van der Waals surface area contributed by atoms with Crippen LogP contribution in [-0.2, 0) is 48.0 Å². The van der Waals surface area contributed by atoms with E-state index in [2.05, 4.69) is 5.32 Å². The van der Waals surface area contributed by atoms with Crippen molar-refractivity contribution in [2.75, 3.05) is 24.7 Å². The second kappa shape index (κ2) is 12.3. The topological polar surface area (TPSA) is 132 Å². The molecule has 0 radical (unpaired) electrons. The molecule has 16 heteroatoms. The quantitative estimate of drug-likeness (QED) is 0.373. The van der Waals surface area contributed by atoms with Gasteiger partial charge in [0, 0.05) is 38.4 Å². The van der Waals surface area contributed by atoms with Gasteiger partial charge in [-0.3, -0.25) is 14.2 Å². The maximum Gasteiger partial charge on any atom is 0.411 e. The van der Waals surface area contributed by atoms with E-state index in [1.54, 1.807) is 19.1 Å². The Kier molecular flexibility index (Phi) is 8.79. The number of hydrogen-bond acceptors (Lipinski definition) is 7. The predicted molar refractivity (Wildman–Crippen MR) is 153 cm³/mol. The van der Waals surface area contributed by atoms with Crippen molar-refractivity contribution in [3.8, 4) is 11.1 Å². The SMILES string of the molecule is Cc1c(-c2ccc(C[C@H](NC(=O)c3c(F)cc(N4CCOC[C@@H]4C(F)(F)F)cc3F)C(=O)O)c3c2COC3)c(=O)n(C)c(=O)n1C. The van der Waals surface area contributed by atoms with Gasteiger partial charge in [0.25, 0.3) is 11.5 Å². The van der Waals surface area contributed by atoms with E-state index in [9.17, 15) is 37.5 Å². The molecule has 5 rings (SSSR count). The molecule has 0 unspecified atom stereocenters. The number of aromatic nitrogens is 2. The molecule has 0 spiro atoms. The fraction of sp³-hybridized carbons (Fsp3) is 0.400. The van der Waals surface area contributed by atoms with Gasteiger partial charge in [0.05, 0.1) is 32.0 Å². The number of amides is 1. The number of carboxylic acids is 1. The second-order valence-corrected chi connectivity index (χ2v) is 11.1. The Morgan fingerprint density at radius 2 is 1.70 bits per heavy atom. The third-order valence-corrected chi connectivity index (χ3v) is 8.37. The summed E-state index contributed by atoms with van der Waals surface area (Å²) in [7, 11) is 2.87. The molecular formula is C30H29F5N4O7. The Bertz CT molecular complexity index is 1830. The first-order valence-electron chi connectivity index (χ1n) is 14.0. The number of ether oxygens (including phenoxy) is 2. The molecule has 2 N–H and O–H groups in total. The third kappa shape index (κ3) is 5.89. The number of carbonyl (C=O) groups excluding carboxylic acids is 1. The molecule has 3 aromatic rings. The number of morpholine rings is 1. The van der Waals surface area contributed by atoms with Gasteiger partial charge in [-0.15, -0.1) is 0 Å². The van der Waals surface area contributed by atoms with Crippen LogP contribution in [0.3, 0.4) is 0 Å². The van der Waals surface area contributed by atoms with E-state index in [0.29, 0.717) is 40.1 Å². The van der Waals surface area contributed by atoms with Crippen molar-refractivity contribution in [1.29, 1.82) is 0 Å². The molecule has 1 saturated heterocycles. The number of carboxylic acid groups (broad SMARTS) is 1. The summed E-state index contributed by atoms with van der Waals surface area (Å²) in [6.07, 6.45) is -5.09. The summed E-state index contributed by atoms with van der Waals surface area (Å²) in [6.45, 7) is 0.579. The van der Waals surface area contributed by atoms with Crippen molar-refractivity contribution in [3.63, 3.8) is 0 Å². The van der Waals surface area contributed by atoms with Crippen LogP contribution in [0.5, 0.6) is 0 Å². The minimum Gasteiger partial charge on any atom is -0.480 e. The minimum atomic E-state index is -4.75. The molecule has 0 saturated carbocycles. The fourth-order valence-electron chi connectivity index (χ4n) is 5.80. The number of nitrogens with one attached hydrogen (secondary N) is 1. The molecule has 0 bridgehead atoms. The maximum atomic E-state index is 15.1. The molecule has 246 valence electrons. The van der Waals surface area contributed by atoms with Crippen LogP contribution in [-0.4, -0.2) is 64.1 Å². The lowest BCUT2D eigenvalue weighted by atomic mass is 9.90. The largest absolute Gasteiger partial charge is 0.480 e. The highest BCUT2D eigenvalue weighted by Crippen LogP contribution is 2.35. The van der Waals surface area contributed by atoms with Crippen LogP contribution in [0.1, 0.15) is 32.7 Å². The first-order valence-corrected chi connectivity index (χ1v) is 14.0. The van der Waals surface area contributed by atoms with Crippen LogP contribution in [0, 0.1) is 18.6 Å². The smallest absolute Gasteiger partial charge is 0.411 e. The van der Waals surface area contributed by atoms with Gasteiger partial charge >= 0.3 is 17.8 Å². The van der Waals surface area contributed by atoms with E-state index >= 15 is 8.78 Å². The van der Waals surface area contributed by atoms with Crippen LogP contribution in [0.2, 0.25) is 0 Å². The number of carbonyl (C=O) groups is 2. The first kappa shape index (κ1) is 32.8. The highest BCUT2D eigenvalue weighted by atomic mass is 19.4. The van der Waals surface area contributed by atoms with Gasteiger partial charge in [0.2, 0.25) is 0 Å². The van der Waals surface area contributed by atoms with Gasteiger partial charge in [-0.2, -0.15) is 13.2 Å². The maximum absolute atomic E-state index is 15.1. The number of rotatable bonds is 7. The van der Waals surface area contributed by atoms with Crippen LogP contribution < -0.4 is 21.5 Å². The minimum absolute atomic E-state index is 0.0507. The van der Waals surface area contributed by atoms with Gasteiger partial charge in [0.1, 0.15) is 29.3 Å². The third-order valence-electron chi connectivity index (χ3n) is 8.37. The Hall–Kier alpha value is -4.57. The van der Waals surface area contributed by atoms with Crippen LogP contribution in [0.25, 0.3) is 11.1 Å². The van der Waals surface area contributed by atoms with E-state index < -0.39 is 70.9 Å². The number of halogens is 5. The Balaban J connectivity index is 1.43. The standard InChI is InChI=1S/C30H29F5N4O7/c1-14-24(27(41)38(3)29(44)37(14)2)17-5-4-15(18-11-46-12-19(17)18)8-22(28(42)43)36-26(40)25-20(31)9-16(10-21(25)32)39-6-7-45-13-23(39)30(33,34)35/h4-5,9-10,22-23H,6-8,11-13H2,1-3H3,(H,36,40)(H,42,43)/t22-,23+/m0/s1. The molecule has 2 aromatic carbocycles. The molecule has 1 aromatic heterocycles. The summed E-state index contributed by atoms with van der Waals surface area (Å²) in [5.41, 5.74) is 0.0588. The van der Waals surface area contributed by atoms with Crippen LogP contribution >= 0.6 is 0 Å². The monoisotopic (exact) mass is 652 g/mol. The number of benzene rings is 2. The van der Waals surface area contributed by atoms with Crippen molar-refractivity contribution in [2.45, 2.75) is 44.8 Å². The number of aliphatic carboxylic acids is 1. The summed E-state index contributed by atoms with van der Waals surface area (Å²) in [5, 5.41) is 12.0. The Labute approximate surface area is 257 Å². The summed E-state index contributed by atoms with van der Waals surface area (Å²) in [4.78, 5) is 51.3. The van der Waals surface area contributed by atoms with E-state index in [-0.39, 0.29) is 38.3 Å². The normalized spacial score (nSPS) is 17.1. The number of nitrogens with zero attached hydrogens (tertiary/aromatic N) is 3. The van der Waals surface area contributed by atoms with Crippen molar-refractivity contribution < 1.29 is 46.1 Å². The lowest BCUT2D eigenvalue weighted by Gasteiger charge is -2.38. The molecular weight excluding hydrogens is 623 g/mol. The fourth-order valence-corrected chi connectivity index (χ4v) is 5.80. The van der Waals surface area contributed by atoms with Crippen LogP contribution in [0.4, 0.5) is 27.6 Å². The number of hydrogen-bond donors (Lipinski definition) is 2. The molecule has 46 heavy (non-hydrogen) atoms. The molecule has 1 fully saturated rings. The summed E-state index contributed by atoms with van der Waals surface area (Å²) in [5.74, 6) is -5.89. The van der Waals surface area contributed by atoms with Gasteiger partial charge in [-0.1, -0.05) is 12.1 Å². The highest BCUT2D eigenvalue weighted by molar-refractivity contribution is 5.97. The zero-order chi connectivity index (χ0) is 33.7. The number of alkyl halides is 3. The van der Waals surface area contributed by atoms with Gasteiger partial charge in [0.15, 0.2) is 0 Å². The van der Waals surface area contributed by atoms with Crippen molar-refractivity contribution in [2.24, 2.45) is 14.1 Å². The zero-order valence-corrected chi connectivity index (χ0v) is 24.8. The van der Waals surface area contributed by atoms with E-state index in [4.69, 9.17) is 9.47 Å². The summed E-state index contributed by atoms with van der Waals surface area (Å²) in [6, 6.07) is 0.468. The van der Waals surface area contributed by atoms with Gasteiger partial charge < -0.3 is 29.4 Å². The van der Waals surface area contributed by atoms with Gasteiger partial charge in [-0.25, -0.2) is 18.4 Å². The van der Waals surface area contributed by atoms with Gasteiger partial charge in [-0.05, 0) is 41.3 Å². The Morgan fingerprint density at radius 1 is 1.04 bits per heavy atom. The van der Waals surface area contributed by atoms with Crippen molar-refractivity contribution in [1.82, 2.24) is 14.5 Å². The molecule has 2 atom stereocenters. The average molecular weight is 653 g/mol. The molecule has 0 aliphatic carbocycles. The van der Waals surface area contributed by atoms with Crippen molar-refractivity contribution >= 4 is 17.6 Å².